The van der Waals surface area contributed by atoms with Crippen LogP contribution in [0.25, 0.3) is 0 Å². The van der Waals surface area contributed by atoms with E-state index in [1.165, 1.54) is 18.7 Å². The van der Waals surface area contributed by atoms with Crippen LogP contribution < -0.4 is 9.46 Å². The zero-order valence-corrected chi connectivity index (χ0v) is 20.3. The smallest absolute Gasteiger partial charge is 0.253 e. The van der Waals surface area contributed by atoms with Crippen molar-refractivity contribution in [3.63, 3.8) is 0 Å². The summed E-state index contributed by atoms with van der Waals surface area (Å²) in [6.07, 6.45) is 5.33. The molecule has 8 heteroatoms. The van der Waals surface area contributed by atoms with Crippen molar-refractivity contribution in [2.75, 3.05) is 33.9 Å². The normalized spacial score (nSPS) is 14.4. The number of hydrogen-bond donors (Lipinski definition) is 1. The first-order valence-corrected chi connectivity index (χ1v) is 13.0. The Morgan fingerprint density at radius 3 is 2.45 bits per heavy atom. The van der Waals surface area contributed by atoms with Crippen molar-refractivity contribution >= 4 is 15.9 Å². The Morgan fingerprint density at radius 2 is 1.79 bits per heavy atom. The van der Waals surface area contributed by atoms with Gasteiger partial charge in [-0.05, 0) is 49.4 Å². The van der Waals surface area contributed by atoms with Gasteiger partial charge in [0.15, 0.2) is 0 Å². The highest BCUT2D eigenvalue weighted by molar-refractivity contribution is 7.89. The number of methoxy groups -OCH3 is 2. The molecule has 0 aromatic heterocycles. The molecule has 1 aliphatic rings. The average molecular weight is 475 g/mol. The molecule has 0 radical (unpaired) electrons. The fourth-order valence-corrected chi connectivity index (χ4v) is 5.66. The molecule has 3 rings (SSSR count). The lowest BCUT2D eigenvalue weighted by molar-refractivity contribution is 0.0693. The van der Waals surface area contributed by atoms with Gasteiger partial charge in [0.25, 0.3) is 5.91 Å². The molecule has 2 aromatic carbocycles. The number of nitrogens with one attached hydrogen (secondary N) is 1. The van der Waals surface area contributed by atoms with Crippen LogP contribution in [-0.2, 0) is 21.2 Å². The molecule has 1 aliphatic carbocycles. The van der Waals surface area contributed by atoms with Crippen molar-refractivity contribution in [2.45, 2.75) is 49.5 Å². The lowest BCUT2D eigenvalue weighted by Gasteiger charge is -2.23. The van der Waals surface area contributed by atoms with Crippen LogP contribution in [0.5, 0.6) is 5.75 Å². The van der Waals surface area contributed by atoms with Gasteiger partial charge in [-0.25, -0.2) is 13.1 Å². The number of carbonyl (C=O) groups excluding carboxylic acids is 1. The van der Waals surface area contributed by atoms with Crippen LogP contribution in [0.2, 0.25) is 0 Å². The number of ether oxygens (including phenoxy) is 2. The van der Waals surface area contributed by atoms with Gasteiger partial charge in [0, 0.05) is 31.8 Å². The number of amides is 1. The van der Waals surface area contributed by atoms with Gasteiger partial charge in [-0.2, -0.15) is 0 Å². The summed E-state index contributed by atoms with van der Waals surface area (Å²) >= 11 is 0. The fourth-order valence-electron chi connectivity index (χ4n) is 4.16. The van der Waals surface area contributed by atoms with Gasteiger partial charge in [0.05, 0.1) is 13.7 Å². The highest BCUT2D eigenvalue weighted by Crippen LogP contribution is 2.28. The maximum atomic E-state index is 13.3. The zero-order chi connectivity index (χ0) is 23.7. The number of aryl methyl sites for hydroxylation is 1. The number of benzene rings is 2. The molecule has 180 valence electrons. The summed E-state index contributed by atoms with van der Waals surface area (Å²) in [5.74, 6) is 0.00430. The molecule has 0 unspecified atom stereocenters. The van der Waals surface area contributed by atoms with Gasteiger partial charge in [0.2, 0.25) is 10.0 Å². The van der Waals surface area contributed by atoms with Crippen molar-refractivity contribution in [3.8, 4) is 5.75 Å². The van der Waals surface area contributed by atoms with E-state index in [9.17, 15) is 13.2 Å². The number of nitrogens with zero attached hydrogens (tertiary/aromatic N) is 1. The molecule has 1 saturated carbocycles. The summed E-state index contributed by atoms with van der Waals surface area (Å²) in [5, 5.41) is 0. The van der Waals surface area contributed by atoms with E-state index in [1.54, 1.807) is 24.1 Å². The molecule has 0 heterocycles. The highest BCUT2D eigenvalue weighted by atomic mass is 32.2. The zero-order valence-electron chi connectivity index (χ0n) is 19.5. The lowest BCUT2D eigenvalue weighted by Crippen LogP contribution is -2.36. The summed E-state index contributed by atoms with van der Waals surface area (Å²) in [7, 11) is -0.781. The maximum Gasteiger partial charge on any atom is 0.253 e. The van der Waals surface area contributed by atoms with E-state index in [1.807, 2.05) is 18.2 Å². The summed E-state index contributed by atoms with van der Waals surface area (Å²) in [6, 6.07) is 14.6. The minimum Gasteiger partial charge on any atom is -0.495 e. The van der Waals surface area contributed by atoms with Crippen LogP contribution in [-0.4, -0.2) is 59.2 Å². The first-order chi connectivity index (χ1) is 15.9. The van der Waals surface area contributed by atoms with Gasteiger partial charge >= 0.3 is 0 Å². The van der Waals surface area contributed by atoms with Crippen LogP contribution in [0.4, 0.5) is 0 Å². The Labute approximate surface area is 197 Å². The number of sulfonamides is 1. The molecule has 1 amide bonds. The van der Waals surface area contributed by atoms with E-state index >= 15 is 0 Å². The average Bonchev–Trinajstić information content (AvgIpc) is 3.33. The van der Waals surface area contributed by atoms with E-state index in [4.69, 9.17) is 9.47 Å². The van der Waals surface area contributed by atoms with Crippen LogP contribution in [0.1, 0.15) is 48.0 Å². The first-order valence-electron chi connectivity index (χ1n) is 11.5. The largest absolute Gasteiger partial charge is 0.495 e. The fraction of sp³-hybridized carbons (Fsp3) is 0.480. The molecule has 2 aromatic rings. The molecular weight excluding hydrogens is 440 g/mol. The molecule has 0 saturated heterocycles. The quantitative estimate of drug-likeness (QED) is 0.508. The second kappa shape index (κ2) is 12.2. The van der Waals surface area contributed by atoms with Gasteiger partial charge in [-0.15, -0.1) is 0 Å². The minimum atomic E-state index is -3.81. The molecule has 1 N–H and O–H groups in total. The molecule has 1 fully saturated rings. The van der Waals surface area contributed by atoms with Crippen molar-refractivity contribution in [2.24, 2.45) is 0 Å². The van der Waals surface area contributed by atoms with E-state index < -0.39 is 10.0 Å². The third-order valence-electron chi connectivity index (χ3n) is 5.97. The third-order valence-corrected chi connectivity index (χ3v) is 7.51. The first kappa shape index (κ1) is 25.2. The summed E-state index contributed by atoms with van der Waals surface area (Å²) in [5.41, 5.74) is 1.53. The molecule has 0 atom stereocenters. The molecule has 0 aliphatic heterocycles. The highest BCUT2D eigenvalue weighted by Gasteiger charge is 2.27. The summed E-state index contributed by atoms with van der Waals surface area (Å²) in [6.45, 7) is 1.38. The summed E-state index contributed by atoms with van der Waals surface area (Å²) in [4.78, 5) is 15.0. The monoisotopic (exact) mass is 474 g/mol. The molecule has 7 nitrogen and oxygen atoms in total. The van der Waals surface area contributed by atoms with E-state index in [2.05, 4.69) is 16.9 Å². The Morgan fingerprint density at radius 1 is 1.06 bits per heavy atom. The summed E-state index contributed by atoms with van der Waals surface area (Å²) < 4.78 is 39.4. The second-order valence-electron chi connectivity index (χ2n) is 8.34. The predicted molar refractivity (Wildman–Crippen MR) is 128 cm³/mol. The van der Waals surface area contributed by atoms with E-state index in [0.717, 1.165) is 38.5 Å². The number of hydrogen-bond acceptors (Lipinski definition) is 5. The second-order valence-corrected chi connectivity index (χ2v) is 10.0. The molecule has 0 bridgehead atoms. The van der Waals surface area contributed by atoms with Gasteiger partial charge in [-0.1, -0.05) is 43.2 Å². The Bertz CT molecular complexity index is 1000. The Hall–Kier alpha value is -2.42. The van der Waals surface area contributed by atoms with Crippen LogP contribution in [0.15, 0.2) is 53.4 Å². The van der Waals surface area contributed by atoms with Crippen molar-refractivity contribution < 1.29 is 22.7 Å². The van der Waals surface area contributed by atoms with Gasteiger partial charge < -0.3 is 14.4 Å². The standard InChI is InChI=1S/C25H34N2O5S/c1-31-18-17-27(16-8-11-20-9-4-3-5-10-20)25(28)21-14-15-23(32-2)24(19-21)33(29,30)26-22-12-6-7-13-22/h3-5,9-10,14-15,19,22,26H,6-8,11-13,16-18H2,1-2H3. The minimum absolute atomic E-state index is 0.00118. The lowest BCUT2D eigenvalue weighted by atomic mass is 10.1. The Kier molecular flexibility index (Phi) is 9.29. The van der Waals surface area contributed by atoms with Crippen LogP contribution >= 0.6 is 0 Å². The van der Waals surface area contributed by atoms with E-state index in [-0.39, 0.29) is 22.6 Å². The predicted octanol–water partition coefficient (Wildman–Crippen LogP) is 3.64. The van der Waals surface area contributed by atoms with Crippen molar-refractivity contribution in [1.82, 2.24) is 9.62 Å². The molecular formula is C25H34N2O5S. The van der Waals surface area contributed by atoms with Gasteiger partial charge in [0.1, 0.15) is 10.6 Å². The van der Waals surface area contributed by atoms with E-state index in [0.29, 0.717) is 25.3 Å². The van der Waals surface area contributed by atoms with Crippen molar-refractivity contribution in [1.29, 1.82) is 0 Å². The molecule has 33 heavy (non-hydrogen) atoms. The van der Waals surface area contributed by atoms with Gasteiger partial charge in [-0.3, -0.25) is 4.79 Å². The molecule has 0 spiro atoms. The van der Waals surface area contributed by atoms with Crippen molar-refractivity contribution in [3.05, 3.63) is 59.7 Å². The van der Waals surface area contributed by atoms with Crippen LogP contribution in [0.3, 0.4) is 0 Å². The number of carbonyl (C=O) groups is 1. The topological polar surface area (TPSA) is 84.9 Å². The Balaban J connectivity index is 1.77. The SMILES string of the molecule is COCCN(CCCc1ccccc1)C(=O)c1ccc(OC)c(S(=O)(=O)NC2CCCC2)c1. The number of rotatable bonds is 12. The third kappa shape index (κ3) is 7.03. The maximum absolute atomic E-state index is 13.3. The van der Waals surface area contributed by atoms with Crippen LogP contribution in [0, 0.1) is 0 Å².